The minimum absolute atomic E-state index is 0.0314. The van der Waals surface area contributed by atoms with E-state index in [0.29, 0.717) is 12.8 Å². The number of hydrogen-bond acceptors (Lipinski definition) is 7. The molecule has 2 atom stereocenters. The molecule has 0 aromatic carbocycles. The second-order valence-corrected chi connectivity index (χ2v) is 15.3. The van der Waals surface area contributed by atoms with Crippen molar-refractivity contribution in [3.05, 3.63) is 48.6 Å². The molecule has 8 heteroatoms. The number of carbonyl (C=O) groups excluding carboxylic acids is 3. The minimum Gasteiger partial charge on any atom is -0.544 e. The lowest BCUT2D eigenvalue weighted by Gasteiger charge is -2.34. The molecule has 0 N–H and O–H groups in total. The van der Waals surface area contributed by atoms with Gasteiger partial charge >= 0.3 is 11.9 Å². The number of aliphatic carboxylic acids is 1. The van der Waals surface area contributed by atoms with Gasteiger partial charge in [0.2, 0.25) is 0 Å². The highest BCUT2D eigenvalue weighted by atomic mass is 16.6. The number of carboxylic acid groups (broad SMARTS) is 1. The molecule has 0 amide bonds. The zero-order chi connectivity index (χ0) is 39.3. The van der Waals surface area contributed by atoms with Gasteiger partial charge in [-0.25, -0.2) is 0 Å². The third kappa shape index (κ3) is 34.8. The number of unbranched alkanes of at least 4 members (excludes halogenated alkanes) is 18. The number of allylic oxidation sites excluding steroid dienone is 8. The molecule has 0 saturated carbocycles. The Bertz CT molecular complexity index is 1010. The van der Waals surface area contributed by atoms with Crippen molar-refractivity contribution in [3.8, 4) is 0 Å². The summed E-state index contributed by atoms with van der Waals surface area (Å²) in [5.74, 6) is -1.77. The van der Waals surface area contributed by atoms with E-state index in [1.807, 2.05) is 30.4 Å². The van der Waals surface area contributed by atoms with E-state index in [1.165, 1.54) is 70.6 Å². The highest BCUT2D eigenvalue weighted by Crippen LogP contribution is 2.14. The Morgan fingerprint density at radius 3 is 1.57 bits per heavy atom. The van der Waals surface area contributed by atoms with Gasteiger partial charge in [-0.15, -0.1) is 0 Å². The molecule has 53 heavy (non-hydrogen) atoms. The van der Waals surface area contributed by atoms with Crippen LogP contribution in [0.3, 0.4) is 0 Å². The topological polar surface area (TPSA) is 102 Å². The Balaban J connectivity index is 4.41. The van der Waals surface area contributed by atoms with Crippen LogP contribution in [0, 0.1) is 0 Å². The third-order valence-electron chi connectivity index (χ3n) is 9.32. The number of likely N-dealkylation sites (N-methyl/N-ethyl adjacent to an activating group) is 1. The highest BCUT2D eigenvalue weighted by molar-refractivity contribution is 5.70. The maximum absolute atomic E-state index is 12.7. The zero-order valence-electron chi connectivity index (χ0n) is 34.7. The van der Waals surface area contributed by atoms with Gasteiger partial charge in [0.15, 0.2) is 6.10 Å². The van der Waals surface area contributed by atoms with E-state index < -0.39 is 18.1 Å². The number of carboxylic acids is 1. The van der Waals surface area contributed by atoms with Crippen LogP contribution < -0.4 is 5.11 Å². The fourth-order valence-corrected chi connectivity index (χ4v) is 6.02. The standard InChI is InChI=1S/C45H79NO7/c1-6-8-10-12-14-16-18-20-22-24-26-28-30-32-34-36-44(48)53-41(39-51-38-37-42(45(49)50)46(3,4)5)40-52-43(47)35-33-31-29-27-25-23-21-19-17-15-13-11-9-7-2/h8,10,12,14,16,18,20,22,41-42H,6-7,9,11,13,15,17,19,21,23-40H2,1-5H3/b10-8+,14-12+,18-16+,22-20+. The van der Waals surface area contributed by atoms with Crippen LogP contribution in [-0.2, 0) is 28.6 Å². The van der Waals surface area contributed by atoms with Crippen molar-refractivity contribution in [3.63, 3.8) is 0 Å². The van der Waals surface area contributed by atoms with E-state index in [9.17, 15) is 19.5 Å². The van der Waals surface area contributed by atoms with Crippen LogP contribution in [0.5, 0.6) is 0 Å². The number of ether oxygens (including phenoxy) is 3. The summed E-state index contributed by atoms with van der Waals surface area (Å²) in [6.45, 7) is 4.49. The normalized spacial score (nSPS) is 13.5. The molecule has 0 saturated heterocycles. The van der Waals surface area contributed by atoms with Gasteiger partial charge in [-0.1, -0.05) is 165 Å². The molecule has 0 aliphatic heterocycles. The van der Waals surface area contributed by atoms with Crippen LogP contribution in [-0.4, -0.2) is 75.5 Å². The molecular formula is C45H79NO7. The van der Waals surface area contributed by atoms with E-state index in [4.69, 9.17) is 14.2 Å². The van der Waals surface area contributed by atoms with E-state index in [-0.39, 0.29) is 42.7 Å². The molecular weight excluding hydrogens is 666 g/mol. The molecule has 0 aliphatic rings. The molecule has 0 bridgehead atoms. The van der Waals surface area contributed by atoms with Crippen LogP contribution in [0.15, 0.2) is 48.6 Å². The molecule has 0 aliphatic carbocycles. The van der Waals surface area contributed by atoms with E-state index in [0.717, 1.165) is 64.2 Å². The Morgan fingerprint density at radius 1 is 0.585 bits per heavy atom. The van der Waals surface area contributed by atoms with Crippen molar-refractivity contribution in [2.24, 2.45) is 0 Å². The predicted octanol–water partition coefficient (Wildman–Crippen LogP) is 9.91. The average molecular weight is 746 g/mol. The summed E-state index contributed by atoms with van der Waals surface area (Å²) < 4.78 is 17.1. The molecule has 0 spiro atoms. The number of esters is 2. The van der Waals surface area contributed by atoms with Gasteiger partial charge in [0, 0.05) is 19.3 Å². The summed E-state index contributed by atoms with van der Waals surface area (Å²) in [6, 6.07) is -0.729. The van der Waals surface area contributed by atoms with Crippen LogP contribution in [0.4, 0.5) is 0 Å². The fraction of sp³-hybridized carbons (Fsp3) is 0.756. The van der Waals surface area contributed by atoms with E-state index in [2.05, 4.69) is 32.1 Å². The molecule has 0 aromatic rings. The minimum atomic E-state index is -1.13. The maximum Gasteiger partial charge on any atom is 0.306 e. The molecule has 8 nitrogen and oxygen atoms in total. The van der Waals surface area contributed by atoms with Crippen LogP contribution in [0.25, 0.3) is 0 Å². The van der Waals surface area contributed by atoms with Crippen molar-refractivity contribution in [1.29, 1.82) is 0 Å². The lowest BCUT2D eigenvalue weighted by molar-refractivity contribution is -0.889. The summed E-state index contributed by atoms with van der Waals surface area (Å²) in [5.41, 5.74) is 0. The predicted molar refractivity (Wildman–Crippen MR) is 217 cm³/mol. The lowest BCUT2D eigenvalue weighted by Crippen LogP contribution is -2.55. The Labute approximate surface area is 325 Å². The van der Waals surface area contributed by atoms with Gasteiger partial charge in [-0.3, -0.25) is 9.59 Å². The number of nitrogens with zero attached hydrogens (tertiary/aromatic N) is 1. The SMILES string of the molecule is CC/C=C/C=C/C=C/C=C/CCCCCCCC(=O)OC(COCCC(C(=O)[O-])[N+](C)(C)C)COC(=O)CCCCCCCCCCCCCCCC. The number of rotatable bonds is 37. The summed E-state index contributed by atoms with van der Waals surface area (Å²) in [5, 5.41) is 11.6. The van der Waals surface area contributed by atoms with Gasteiger partial charge in [0.1, 0.15) is 12.6 Å². The number of quaternary nitrogens is 1. The van der Waals surface area contributed by atoms with Crippen LogP contribution in [0.1, 0.15) is 168 Å². The Morgan fingerprint density at radius 2 is 1.06 bits per heavy atom. The first kappa shape index (κ1) is 50.3. The maximum atomic E-state index is 12.7. The smallest absolute Gasteiger partial charge is 0.306 e. The zero-order valence-corrected chi connectivity index (χ0v) is 34.7. The average Bonchev–Trinajstić information content (AvgIpc) is 3.11. The van der Waals surface area contributed by atoms with Gasteiger partial charge in [0.05, 0.1) is 40.3 Å². The fourth-order valence-electron chi connectivity index (χ4n) is 6.02. The molecule has 0 fully saturated rings. The molecule has 2 unspecified atom stereocenters. The van der Waals surface area contributed by atoms with E-state index in [1.54, 1.807) is 21.1 Å². The van der Waals surface area contributed by atoms with Gasteiger partial charge in [0.25, 0.3) is 0 Å². The highest BCUT2D eigenvalue weighted by Gasteiger charge is 2.25. The van der Waals surface area contributed by atoms with Gasteiger partial charge in [-0.2, -0.15) is 0 Å². The summed E-state index contributed by atoms with van der Waals surface area (Å²) >= 11 is 0. The second kappa shape index (κ2) is 36.3. The first-order valence-corrected chi connectivity index (χ1v) is 21.2. The van der Waals surface area contributed by atoms with Crippen LogP contribution >= 0.6 is 0 Å². The summed E-state index contributed by atoms with van der Waals surface area (Å²) in [7, 11) is 5.39. The van der Waals surface area contributed by atoms with Crippen LogP contribution in [0.2, 0.25) is 0 Å². The monoisotopic (exact) mass is 746 g/mol. The Kier molecular flexibility index (Phi) is 34.4. The van der Waals surface area contributed by atoms with E-state index >= 15 is 0 Å². The van der Waals surface area contributed by atoms with Crippen molar-refractivity contribution in [2.45, 2.75) is 180 Å². The molecule has 306 valence electrons. The number of hydrogen-bond donors (Lipinski definition) is 0. The summed E-state index contributed by atoms with van der Waals surface area (Å²) in [4.78, 5) is 36.8. The van der Waals surface area contributed by atoms with Crippen molar-refractivity contribution < 1.29 is 38.2 Å². The van der Waals surface area contributed by atoms with Crippen molar-refractivity contribution >= 4 is 17.9 Å². The van der Waals surface area contributed by atoms with Gasteiger partial charge < -0.3 is 28.6 Å². The molecule has 0 aromatic heterocycles. The van der Waals surface area contributed by atoms with Crippen molar-refractivity contribution in [1.82, 2.24) is 0 Å². The first-order valence-electron chi connectivity index (χ1n) is 21.2. The molecule has 0 heterocycles. The number of carbonyl (C=O) groups is 3. The first-order chi connectivity index (χ1) is 25.6. The second-order valence-electron chi connectivity index (χ2n) is 15.3. The van der Waals surface area contributed by atoms with Crippen molar-refractivity contribution in [2.75, 3.05) is 41.0 Å². The third-order valence-corrected chi connectivity index (χ3v) is 9.32. The van der Waals surface area contributed by atoms with Gasteiger partial charge in [-0.05, 0) is 32.1 Å². The summed E-state index contributed by atoms with van der Waals surface area (Å²) in [6.07, 6.45) is 41.3. The lowest BCUT2D eigenvalue weighted by atomic mass is 10.0. The quantitative estimate of drug-likeness (QED) is 0.0270. The Hall–Kier alpha value is -2.71. The molecule has 0 radical (unpaired) electrons. The largest absolute Gasteiger partial charge is 0.544 e. The molecule has 0 rings (SSSR count).